The lowest BCUT2D eigenvalue weighted by molar-refractivity contribution is -0.384. The van der Waals surface area contributed by atoms with Gasteiger partial charge in [-0.25, -0.2) is 4.79 Å². The molecule has 1 fully saturated rings. The summed E-state index contributed by atoms with van der Waals surface area (Å²) >= 11 is 0. The van der Waals surface area contributed by atoms with E-state index in [4.69, 9.17) is 0 Å². The quantitative estimate of drug-likeness (QED) is 0.517. The van der Waals surface area contributed by atoms with E-state index >= 15 is 0 Å². The minimum atomic E-state index is -0.453. The molecule has 1 N–H and O–H groups in total. The van der Waals surface area contributed by atoms with Crippen LogP contribution in [0.2, 0.25) is 0 Å². The lowest BCUT2D eigenvalue weighted by Gasteiger charge is -2.18. The van der Waals surface area contributed by atoms with Crippen LogP contribution >= 0.6 is 0 Å². The molecule has 1 aliphatic heterocycles. The predicted octanol–water partition coefficient (Wildman–Crippen LogP) is 3.33. The van der Waals surface area contributed by atoms with Gasteiger partial charge in [-0.1, -0.05) is 18.2 Å². The average Bonchev–Trinajstić information content (AvgIpc) is 2.93. The van der Waals surface area contributed by atoms with E-state index in [1.807, 2.05) is 11.8 Å². The van der Waals surface area contributed by atoms with Gasteiger partial charge in [0.05, 0.1) is 10.6 Å². The molecule has 22 heavy (non-hydrogen) atoms. The van der Waals surface area contributed by atoms with Gasteiger partial charge in [-0.3, -0.25) is 10.1 Å². The van der Waals surface area contributed by atoms with Crippen LogP contribution in [-0.4, -0.2) is 28.9 Å². The number of hydrogen-bond donors (Lipinski definition) is 1. The van der Waals surface area contributed by atoms with E-state index in [2.05, 4.69) is 17.5 Å². The number of urea groups is 1. The van der Waals surface area contributed by atoms with Crippen molar-refractivity contribution >= 4 is 17.4 Å². The first-order valence-electron chi connectivity index (χ1n) is 7.50. The number of allylic oxidation sites excluding steroid dienone is 2. The van der Waals surface area contributed by atoms with Crippen LogP contribution < -0.4 is 5.32 Å². The highest BCUT2D eigenvalue weighted by molar-refractivity contribution is 5.90. The van der Waals surface area contributed by atoms with Gasteiger partial charge < -0.3 is 10.2 Å². The number of amides is 2. The van der Waals surface area contributed by atoms with Crippen molar-refractivity contribution in [2.75, 3.05) is 18.4 Å². The average molecular weight is 301 g/mol. The van der Waals surface area contributed by atoms with Gasteiger partial charge in [0.1, 0.15) is 0 Å². The Hall–Kier alpha value is -2.37. The number of non-ortho nitro benzene ring substituents is 1. The Balaban J connectivity index is 1.70. The second-order valence-electron chi connectivity index (χ2n) is 6.05. The van der Waals surface area contributed by atoms with Gasteiger partial charge in [0, 0.05) is 25.2 Å². The molecule has 1 aromatic rings. The van der Waals surface area contributed by atoms with Crippen LogP contribution in [0.1, 0.15) is 18.4 Å². The van der Waals surface area contributed by atoms with E-state index in [1.54, 1.807) is 6.07 Å². The van der Waals surface area contributed by atoms with Gasteiger partial charge >= 0.3 is 6.03 Å². The number of carbonyl (C=O) groups excluding carboxylic acids is 1. The van der Waals surface area contributed by atoms with E-state index in [9.17, 15) is 14.9 Å². The fraction of sp³-hybridized carbons (Fsp3) is 0.438. The van der Waals surface area contributed by atoms with Gasteiger partial charge in [0.2, 0.25) is 0 Å². The highest BCUT2D eigenvalue weighted by Crippen LogP contribution is 2.33. The summed E-state index contributed by atoms with van der Waals surface area (Å²) in [5.74, 6) is 1.09. The lowest BCUT2D eigenvalue weighted by Crippen LogP contribution is -2.33. The van der Waals surface area contributed by atoms with Gasteiger partial charge in [-0.05, 0) is 37.2 Å². The Bertz CT molecular complexity index is 626. The number of nitrogens with zero attached hydrogens (tertiary/aromatic N) is 2. The number of rotatable bonds is 2. The number of benzene rings is 1. The number of fused-ring (bicyclic) bond motifs is 1. The van der Waals surface area contributed by atoms with Gasteiger partial charge in [-0.15, -0.1) is 0 Å². The third-order valence-electron chi connectivity index (χ3n) is 4.58. The number of nitro benzene ring substituents is 1. The molecule has 2 atom stereocenters. The third-order valence-corrected chi connectivity index (χ3v) is 4.58. The summed E-state index contributed by atoms with van der Waals surface area (Å²) in [4.78, 5) is 24.6. The molecule has 0 aromatic heterocycles. The lowest BCUT2D eigenvalue weighted by atomic mass is 9.86. The topological polar surface area (TPSA) is 75.5 Å². The van der Waals surface area contributed by atoms with Crippen molar-refractivity contribution in [3.05, 3.63) is 46.0 Å². The molecule has 6 nitrogen and oxygen atoms in total. The van der Waals surface area contributed by atoms with E-state index in [-0.39, 0.29) is 11.7 Å². The first kappa shape index (κ1) is 14.6. The molecule has 0 saturated carbocycles. The fourth-order valence-corrected chi connectivity index (χ4v) is 3.23. The predicted molar refractivity (Wildman–Crippen MR) is 83.8 cm³/mol. The first-order valence-corrected chi connectivity index (χ1v) is 7.50. The maximum Gasteiger partial charge on any atom is 0.321 e. The minimum absolute atomic E-state index is 0.0137. The van der Waals surface area contributed by atoms with Crippen LogP contribution in [0.15, 0.2) is 30.4 Å². The molecule has 0 bridgehead atoms. The van der Waals surface area contributed by atoms with Crippen LogP contribution in [-0.2, 0) is 0 Å². The smallest absolute Gasteiger partial charge is 0.321 e. The van der Waals surface area contributed by atoms with Crippen LogP contribution in [0.25, 0.3) is 0 Å². The number of likely N-dealkylation sites (tertiary alicyclic amines) is 1. The number of anilines is 1. The van der Waals surface area contributed by atoms with Gasteiger partial charge in [0.25, 0.3) is 5.69 Å². The second kappa shape index (κ2) is 5.79. The maximum absolute atomic E-state index is 12.4. The molecule has 2 amide bonds. The van der Waals surface area contributed by atoms with Crippen molar-refractivity contribution in [1.29, 1.82) is 0 Å². The second-order valence-corrected chi connectivity index (χ2v) is 6.05. The summed E-state index contributed by atoms with van der Waals surface area (Å²) in [5, 5.41) is 13.7. The summed E-state index contributed by atoms with van der Waals surface area (Å²) in [6.45, 7) is 3.34. The van der Waals surface area contributed by atoms with Crippen LogP contribution in [0.3, 0.4) is 0 Å². The fourth-order valence-electron chi connectivity index (χ4n) is 3.23. The molecular weight excluding hydrogens is 282 g/mol. The number of carbonyl (C=O) groups is 1. The summed E-state index contributed by atoms with van der Waals surface area (Å²) in [5.41, 5.74) is 1.31. The van der Waals surface area contributed by atoms with Crippen molar-refractivity contribution in [3.8, 4) is 0 Å². The Morgan fingerprint density at radius 3 is 2.50 bits per heavy atom. The molecule has 0 spiro atoms. The van der Waals surface area contributed by atoms with Gasteiger partial charge in [0.15, 0.2) is 0 Å². The van der Waals surface area contributed by atoms with Crippen LogP contribution in [0.4, 0.5) is 16.2 Å². The zero-order chi connectivity index (χ0) is 15.7. The number of nitro groups is 1. The number of aryl methyl sites for hydroxylation is 1. The van der Waals surface area contributed by atoms with E-state index < -0.39 is 4.92 Å². The van der Waals surface area contributed by atoms with Crippen molar-refractivity contribution in [2.45, 2.75) is 19.8 Å². The molecule has 1 heterocycles. The Morgan fingerprint density at radius 2 is 1.91 bits per heavy atom. The summed E-state index contributed by atoms with van der Waals surface area (Å²) in [6, 6.07) is 4.35. The monoisotopic (exact) mass is 301 g/mol. The molecule has 3 rings (SSSR count). The zero-order valence-electron chi connectivity index (χ0n) is 12.5. The van der Waals surface area contributed by atoms with E-state index in [0.29, 0.717) is 17.5 Å². The Labute approximate surface area is 129 Å². The summed E-state index contributed by atoms with van der Waals surface area (Å²) in [6.07, 6.45) is 6.44. The Kier molecular flexibility index (Phi) is 3.83. The summed E-state index contributed by atoms with van der Waals surface area (Å²) < 4.78 is 0. The number of nitrogens with one attached hydrogen (secondary N) is 1. The normalized spacial score (nSPS) is 23.2. The highest BCUT2D eigenvalue weighted by Gasteiger charge is 2.35. The molecule has 2 aliphatic rings. The molecule has 0 unspecified atom stereocenters. The molecule has 0 radical (unpaired) electrons. The van der Waals surface area contributed by atoms with Crippen molar-refractivity contribution in [1.82, 2.24) is 4.90 Å². The van der Waals surface area contributed by atoms with Crippen molar-refractivity contribution in [3.63, 3.8) is 0 Å². The molecular formula is C16H19N3O3. The summed E-state index contributed by atoms with van der Waals surface area (Å²) in [7, 11) is 0. The molecule has 1 saturated heterocycles. The minimum Gasteiger partial charge on any atom is -0.324 e. The van der Waals surface area contributed by atoms with Crippen LogP contribution in [0.5, 0.6) is 0 Å². The first-order chi connectivity index (χ1) is 10.5. The van der Waals surface area contributed by atoms with Crippen molar-refractivity contribution < 1.29 is 9.72 Å². The van der Waals surface area contributed by atoms with E-state index in [1.165, 1.54) is 12.1 Å². The van der Waals surface area contributed by atoms with Crippen molar-refractivity contribution in [2.24, 2.45) is 11.8 Å². The largest absolute Gasteiger partial charge is 0.324 e. The van der Waals surface area contributed by atoms with Gasteiger partial charge in [-0.2, -0.15) is 0 Å². The third kappa shape index (κ3) is 2.81. The van der Waals surface area contributed by atoms with E-state index in [0.717, 1.165) is 31.5 Å². The maximum atomic E-state index is 12.4. The van der Waals surface area contributed by atoms with Crippen LogP contribution in [0, 0.1) is 28.9 Å². The highest BCUT2D eigenvalue weighted by atomic mass is 16.6. The standard InChI is InChI=1S/C16H19N3O3/c1-11-6-7-14(19(21)22)8-15(11)17-16(20)18-9-12-4-2-3-5-13(12)10-18/h2-3,6-8,12-13H,4-5,9-10H2,1H3,(H,17,20)/t12-,13-/m1/s1. The SMILES string of the molecule is Cc1ccc([N+](=O)[O-])cc1NC(=O)N1C[C@H]2CC=CC[C@@H]2C1. The molecule has 1 aromatic carbocycles. The zero-order valence-corrected chi connectivity index (χ0v) is 12.5. The molecule has 1 aliphatic carbocycles. The molecule has 116 valence electrons. The molecule has 6 heteroatoms. The Morgan fingerprint density at radius 1 is 1.27 bits per heavy atom. The number of hydrogen-bond acceptors (Lipinski definition) is 3.